The van der Waals surface area contributed by atoms with Crippen molar-refractivity contribution in [3.63, 3.8) is 0 Å². The molecular formula is C14H25NO2Si. The molecule has 0 aliphatic carbocycles. The lowest BCUT2D eigenvalue weighted by Gasteiger charge is -2.28. The summed E-state index contributed by atoms with van der Waals surface area (Å²) in [6.45, 7) is 5.31. The van der Waals surface area contributed by atoms with Gasteiger partial charge in [0.1, 0.15) is 6.61 Å². The van der Waals surface area contributed by atoms with E-state index in [1.807, 2.05) is 7.11 Å². The average Bonchev–Trinajstić information content (AvgIpc) is 2.51. The molecule has 3 nitrogen and oxygen atoms in total. The van der Waals surface area contributed by atoms with Gasteiger partial charge < -0.3 is 14.1 Å². The lowest BCUT2D eigenvalue weighted by molar-refractivity contribution is 0.126. The summed E-state index contributed by atoms with van der Waals surface area (Å²) in [5, 5.41) is 0. The lowest BCUT2D eigenvalue weighted by atomic mass is 10.3. The molecule has 0 N–H and O–H groups in total. The Morgan fingerprint density at radius 2 is 2.00 bits per heavy atom. The Morgan fingerprint density at radius 1 is 1.22 bits per heavy atom. The summed E-state index contributed by atoms with van der Waals surface area (Å²) >= 11 is 0. The van der Waals surface area contributed by atoms with Crippen LogP contribution in [0.1, 0.15) is 19.3 Å². The SMILES string of the molecule is CO[Si]1(C)CCCCN(C2=CC=CCO2)CCC1. The van der Waals surface area contributed by atoms with Crippen LogP contribution in [0.15, 0.2) is 24.1 Å². The Labute approximate surface area is 112 Å². The molecule has 2 aliphatic rings. The number of ether oxygens (including phenoxy) is 1. The molecule has 0 amide bonds. The fourth-order valence-electron chi connectivity index (χ4n) is 2.69. The largest absolute Gasteiger partial charge is 0.475 e. The predicted molar refractivity (Wildman–Crippen MR) is 76.8 cm³/mol. The smallest absolute Gasteiger partial charge is 0.189 e. The molecule has 0 aromatic rings. The summed E-state index contributed by atoms with van der Waals surface area (Å²) in [4.78, 5) is 2.40. The molecule has 18 heavy (non-hydrogen) atoms. The zero-order valence-corrected chi connectivity index (χ0v) is 12.7. The molecule has 2 heterocycles. The van der Waals surface area contributed by atoms with E-state index in [0.717, 1.165) is 19.0 Å². The number of allylic oxidation sites excluding steroid dienone is 2. The van der Waals surface area contributed by atoms with Gasteiger partial charge in [-0.1, -0.05) is 12.5 Å². The molecule has 0 radical (unpaired) electrons. The van der Waals surface area contributed by atoms with Gasteiger partial charge in [-0.15, -0.1) is 0 Å². The maximum atomic E-state index is 5.81. The van der Waals surface area contributed by atoms with Crippen molar-refractivity contribution in [2.45, 2.75) is 37.9 Å². The van der Waals surface area contributed by atoms with Crippen LogP contribution in [0.3, 0.4) is 0 Å². The van der Waals surface area contributed by atoms with Crippen LogP contribution < -0.4 is 0 Å². The zero-order chi connectivity index (χ0) is 12.8. The third kappa shape index (κ3) is 3.62. The second-order valence-corrected chi connectivity index (χ2v) is 9.75. The molecular weight excluding hydrogens is 242 g/mol. The highest BCUT2D eigenvalue weighted by Crippen LogP contribution is 2.25. The van der Waals surface area contributed by atoms with E-state index in [0.29, 0.717) is 6.61 Å². The van der Waals surface area contributed by atoms with Gasteiger partial charge >= 0.3 is 0 Å². The minimum absolute atomic E-state index is 0.715. The van der Waals surface area contributed by atoms with Gasteiger partial charge in [0, 0.05) is 20.2 Å². The van der Waals surface area contributed by atoms with Gasteiger partial charge in [-0.25, -0.2) is 0 Å². The summed E-state index contributed by atoms with van der Waals surface area (Å²) in [5.41, 5.74) is 0. The van der Waals surface area contributed by atoms with Crippen molar-refractivity contribution in [1.82, 2.24) is 4.90 Å². The first-order valence-electron chi connectivity index (χ1n) is 7.03. The van der Waals surface area contributed by atoms with Crippen molar-refractivity contribution in [3.05, 3.63) is 24.1 Å². The molecule has 1 unspecified atom stereocenters. The summed E-state index contributed by atoms with van der Waals surface area (Å²) in [7, 11) is 0.497. The van der Waals surface area contributed by atoms with Crippen molar-refractivity contribution in [3.8, 4) is 0 Å². The topological polar surface area (TPSA) is 21.7 Å². The maximum absolute atomic E-state index is 5.81. The van der Waals surface area contributed by atoms with E-state index >= 15 is 0 Å². The van der Waals surface area contributed by atoms with Crippen LogP contribution in [0.4, 0.5) is 0 Å². The Kier molecular flexibility index (Phi) is 4.89. The minimum Gasteiger partial charge on any atom is -0.475 e. The number of rotatable bonds is 2. The van der Waals surface area contributed by atoms with Gasteiger partial charge in [-0.3, -0.25) is 0 Å². The van der Waals surface area contributed by atoms with E-state index in [-0.39, 0.29) is 0 Å². The number of hydrogen-bond acceptors (Lipinski definition) is 3. The molecule has 102 valence electrons. The maximum Gasteiger partial charge on any atom is 0.189 e. The van der Waals surface area contributed by atoms with Gasteiger partial charge in [0.05, 0.1) is 0 Å². The highest BCUT2D eigenvalue weighted by atomic mass is 28.4. The van der Waals surface area contributed by atoms with E-state index in [9.17, 15) is 0 Å². The van der Waals surface area contributed by atoms with Crippen LogP contribution in [0.5, 0.6) is 0 Å². The standard InChI is InChI=1S/C14H25NO2Si/c1-16-18(2)12-6-4-9-15(10-7-13-18)14-8-3-5-11-17-14/h3,5,8H,4,6-7,9-13H2,1-2H3. The molecule has 4 heteroatoms. The van der Waals surface area contributed by atoms with Gasteiger partial charge in [0.2, 0.25) is 0 Å². The van der Waals surface area contributed by atoms with E-state index in [1.165, 1.54) is 31.4 Å². The lowest BCUT2D eigenvalue weighted by Crippen LogP contribution is -2.33. The summed E-state index contributed by atoms with van der Waals surface area (Å²) in [5.74, 6) is 1.06. The molecule has 2 aliphatic heterocycles. The van der Waals surface area contributed by atoms with Crippen molar-refractivity contribution in [2.75, 3.05) is 26.8 Å². The van der Waals surface area contributed by atoms with Crippen LogP contribution in [0.25, 0.3) is 0 Å². The van der Waals surface area contributed by atoms with Gasteiger partial charge in [0.15, 0.2) is 14.2 Å². The van der Waals surface area contributed by atoms with Gasteiger partial charge in [0.25, 0.3) is 0 Å². The Morgan fingerprint density at radius 3 is 2.72 bits per heavy atom. The van der Waals surface area contributed by atoms with E-state index < -0.39 is 8.32 Å². The van der Waals surface area contributed by atoms with Crippen molar-refractivity contribution in [2.24, 2.45) is 0 Å². The fraction of sp³-hybridized carbons (Fsp3) is 0.714. The van der Waals surface area contributed by atoms with Crippen LogP contribution in [-0.2, 0) is 9.16 Å². The van der Waals surface area contributed by atoms with Crippen LogP contribution in [-0.4, -0.2) is 40.0 Å². The Bertz CT molecular complexity index is 330. The predicted octanol–water partition coefficient (Wildman–Crippen LogP) is 3.12. The Hall–Kier alpha value is -0.743. The van der Waals surface area contributed by atoms with E-state index in [2.05, 4.69) is 29.7 Å². The normalized spacial score (nSPS) is 29.9. The molecule has 1 saturated heterocycles. The molecule has 0 saturated carbocycles. The van der Waals surface area contributed by atoms with Gasteiger partial charge in [-0.05, 0) is 43.6 Å². The molecule has 0 spiro atoms. The van der Waals surface area contributed by atoms with E-state index in [4.69, 9.17) is 9.16 Å². The second kappa shape index (κ2) is 6.43. The first-order chi connectivity index (χ1) is 8.73. The molecule has 0 bridgehead atoms. The highest BCUT2D eigenvalue weighted by Gasteiger charge is 2.28. The molecule has 1 atom stereocenters. The second-order valence-electron chi connectivity index (χ2n) is 5.45. The molecule has 1 fully saturated rings. The van der Waals surface area contributed by atoms with Crippen molar-refractivity contribution < 1.29 is 9.16 Å². The minimum atomic E-state index is -1.41. The highest BCUT2D eigenvalue weighted by molar-refractivity contribution is 6.72. The molecule has 0 aromatic heterocycles. The average molecular weight is 267 g/mol. The first kappa shape index (κ1) is 13.7. The summed E-state index contributed by atoms with van der Waals surface area (Å²) < 4.78 is 11.5. The van der Waals surface area contributed by atoms with E-state index in [1.54, 1.807) is 0 Å². The quantitative estimate of drug-likeness (QED) is 0.718. The fourth-order valence-corrected chi connectivity index (χ4v) is 5.25. The number of hydrogen-bond donors (Lipinski definition) is 0. The molecule has 2 rings (SSSR count). The van der Waals surface area contributed by atoms with Crippen molar-refractivity contribution in [1.29, 1.82) is 0 Å². The summed E-state index contributed by atoms with van der Waals surface area (Å²) in [6.07, 6.45) is 10.00. The zero-order valence-electron chi connectivity index (χ0n) is 11.7. The third-order valence-corrected chi connectivity index (χ3v) is 7.83. The summed E-state index contributed by atoms with van der Waals surface area (Å²) in [6, 6.07) is 2.57. The van der Waals surface area contributed by atoms with Crippen molar-refractivity contribution >= 4 is 8.32 Å². The van der Waals surface area contributed by atoms with Crippen LogP contribution in [0.2, 0.25) is 18.6 Å². The van der Waals surface area contributed by atoms with Crippen LogP contribution >= 0.6 is 0 Å². The Balaban J connectivity index is 1.95. The third-order valence-electron chi connectivity index (χ3n) is 4.02. The van der Waals surface area contributed by atoms with Crippen LogP contribution in [0, 0.1) is 0 Å². The monoisotopic (exact) mass is 267 g/mol. The van der Waals surface area contributed by atoms with Gasteiger partial charge in [-0.2, -0.15) is 0 Å². The number of nitrogens with zero attached hydrogens (tertiary/aromatic N) is 1. The first-order valence-corrected chi connectivity index (χ1v) is 9.85. The molecule has 0 aromatic carbocycles.